The van der Waals surface area contributed by atoms with Gasteiger partial charge in [-0.05, 0) is 0 Å². The summed E-state index contributed by atoms with van der Waals surface area (Å²) in [7, 11) is 0. The Hall–Kier alpha value is -0.360. The molecular formula is C12H18Br2O4. The number of hydrogen-bond acceptors (Lipinski definition) is 4. The van der Waals surface area contributed by atoms with Crippen molar-refractivity contribution >= 4 is 43.8 Å². The molecule has 0 bridgehead atoms. The second kappa shape index (κ2) is 8.69. The van der Waals surface area contributed by atoms with Crippen LogP contribution < -0.4 is 0 Å². The molecule has 0 N–H and O–H groups in total. The molecule has 0 saturated heterocycles. The second-order valence-corrected chi connectivity index (χ2v) is 6.25. The van der Waals surface area contributed by atoms with Crippen LogP contribution in [-0.4, -0.2) is 25.2 Å². The van der Waals surface area contributed by atoms with Crippen molar-refractivity contribution in [3.8, 4) is 0 Å². The summed E-state index contributed by atoms with van der Waals surface area (Å²) in [6, 6.07) is 0. The number of carbonyl (C=O) groups excluding carboxylic acids is 2. The minimum absolute atomic E-state index is 0.122. The van der Waals surface area contributed by atoms with Crippen molar-refractivity contribution in [3.05, 3.63) is 8.96 Å². The van der Waals surface area contributed by atoms with Gasteiger partial charge in [0.05, 0.1) is 11.8 Å². The van der Waals surface area contributed by atoms with Crippen LogP contribution in [0.3, 0.4) is 0 Å². The molecule has 0 fully saturated rings. The first kappa shape index (κ1) is 17.6. The van der Waals surface area contributed by atoms with Crippen LogP contribution in [0.25, 0.3) is 0 Å². The van der Waals surface area contributed by atoms with Crippen molar-refractivity contribution in [2.75, 3.05) is 13.2 Å². The fourth-order valence-electron chi connectivity index (χ4n) is 0.759. The van der Waals surface area contributed by atoms with Crippen LogP contribution in [0.2, 0.25) is 0 Å². The smallest absolute Gasteiger partial charge is 0.308 e. The molecule has 0 rings (SSSR count). The highest BCUT2D eigenvalue weighted by Crippen LogP contribution is 2.19. The zero-order valence-electron chi connectivity index (χ0n) is 11.0. The quantitative estimate of drug-likeness (QED) is 0.657. The van der Waals surface area contributed by atoms with Crippen LogP contribution in [-0.2, 0) is 19.1 Å². The van der Waals surface area contributed by atoms with E-state index in [4.69, 9.17) is 9.47 Å². The Balaban J connectivity index is 4.19. The number of halogens is 2. The Morgan fingerprint density at radius 3 is 1.33 bits per heavy atom. The third-order valence-electron chi connectivity index (χ3n) is 1.92. The van der Waals surface area contributed by atoms with Gasteiger partial charge in [0.2, 0.25) is 0 Å². The standard InChI is InChI=1S/C12H18Br2O4/c1-7(2)11(15)17-5-9(13)10(14)6-18-12(16)8(3)4/h7-8H,5-6H2,1-4H3/b10-9+. The Kier molecular flexibility index (Phi) is 8.52. The molecule has 18 heavy (non-hydrogen) atoms. The summed E-state index contributed by atoms with van der Waals surface area (Å²) < 4.78 is 11.3. The molecule has 4 nitrogen and oxygen atoms in total. The SMILES string of the molecule is CC(C)C(=O)OC/C(Br)=C(\Br)COC(=O)C(C)C. The average Bonchev–Trinajstić information content (AvgIpc) is 2.31. The maximum absolute atomic E-state index is 11.3. The Bertz CT molecular complexity index is 303. The lowest BCUT2D eigenvalue weighted by Gasteiger charge is -2.10. The van der Waals surface area contributed by atoms with Crippen LogP contribution >= 0.6 is 31.9 Å². The number of rotatable bonds is 6. The summed E-state index contributed by atoms with van der Waals surface area (Å²) >= 11 is 6.54. The summed E-state index contributed by atoms with van der Waals surface area (Å²) in [6.07, 6.45) is 0. The molecule has 0 aliphatic carbocycles. The highest BCUT2D eigenvalue weighted by Gasteiger charge is 2.12. The Morgan fingerprint density at radius 2 is 1.11 bits per heavy atom. The minimum Gasteiger partial charge on any atom is -0.460 e. The van der Waals surface area contributed by atoms with Crippen LogP contribution in [0.4, 0.5) is 0 Å². The average molecular weight is 386 g/mol. The lowest BCUT2D eigenvalue weighted by molar-refractivity contribution is -0.147. The predicted molar refractivity (Wildman–Crippen MR) is 76.5 cm³/mol. The van der Waals surface area contributed by atoms with Crippen molar-refractivity contribution in [2.24, 2.45) is 11.8 Å². The van der Waals surface area contributed by atoms with E-state index in [1.807, 2.05) is 0 Å². The van der Waals surface area contributed by atoms with Crippen molar-refractivity contribution < 1.29 is 19.1 Å². The molecule has 0 aromatic carbocycles. The van der Waals surface area contributed by atoms with Crippen molar-refractivity contribution in [1.29, 1.82) is 0 Å². The van der Waals surface area contributed by atoms with E-state index in [0.29, 0.717) is 8.96 Å². The van der Waals surface area contributed by atoms with E-state index in [9.17, 15) is 9.59 Å². The molecular weight excluding hydrogens is 368 g/mol. The topological polar surface area (TPSA) is 52.6 Å². The number of esters is 2. The molecule has 0 saturated carbocycles. The molecule has 104 valence electrons. The normalized spacial score (nSPS) is 12.4. The Morgan fingerprint density at radius 1 is 0.833 bits per heavy atom. The largest absolute Gasteiger partial charge is 0.460 e. The summed E-state index contributed by atoms with van der Waals surface area (Å²) in [6.45, 7) is 7.30. The molecule has 0 radical (unpaired) electrons. The van der Waals surface area contributed by atoms with Crippen LogP contribution in [0.15, 0.2) is 8.96 Å². The van der Waals surface area contributed by atoms with Crippen molar-refractivity contribution in [2.45, 2.75) is 27.7 Å². The number of hydrogen-bond donors (Lipinski definition) is 0. The van der Waals surface area contributed by atoms with E-state index < -0.39 is 0 Å². The lowest BCUT2D eigenvalue weighted by Crippen LogP contribution is -2.14. The van der Waals surface area contributed by atoms with Crippen LogP contribution in [0, 0.1) is 11.8 Å². The molecule has 0 aromatic heterocycles. The van der Waals surface area contributed by atoms with E-state index in [-0.39, 0.29) is 37.0 Å². The number of ether oxygens (including phenoxy) is 2. The fourth-order valence-corrected chi connectivity index (χ4v) is 1.22. The first-order chi connectivity index (χ1) is 8.25. The maximum atomic E-state index is 11.3. The van der Waals surface area contributed by atoms with E-state index in [1.54, 1.807) is 27.7 Å². The van der Waals surface area contributed by atoms with Gasteiger partial charge < -0.3 is 9.47 Å². The molecule has 0 heterocycles. The first-order valence-corrected chi connectivity index (χ1v) is 7.20. The molecule has 0 aliphatic rings. The zero-order chi connectivity index (χ0) is 14.3. The highest BCUT2D eigenvalue weighted by molar-refractivity contribution is 9.14. The third-order valence-corrected chi connectivity index (χ3v) is 3.87. The second-order valence-electron chi connectivity index (χ2n) is 4.33. The maximum Gasteiger partial charge on any atom is 0.308 e. The van der Waals surface area contributed by atoms with E-state index in [2.05, 4.69) is 31.9 Å². The highest BCUT2D eigenvalue weighted by atomic mass is 79.9. The molecule has 0 unspecified atom stereocenters. The van der Waals surface area contributed by atoms with Gasteiger partial charge in [-0.2, -0.15) is 0 Å². The zero-order valence-corrected chi connectivity index (χ0v) is 14.1. The molecule has 0 spiro atoms. The minimum atomic E-state index is -0.272. The summed E-state index contributed by atoms with van der Waals surface area (Å²) in [4.78, 5) is 22.5. The van der Waals surface area contributed by atoms with Crippen LogP contribution in [0.5, 0.6) is 0 Å². The number of carbonyl (C=O) groups is 2. The van der Waals surface area contributed by atoms with E-state index in [0.717, 1.165) is 0 Å². The molecule has 0 aromatic rings. The van der Waals surface area contributed by atoms with E-state index >= 15 is 0 Å². The first-order valence-electron chi connectivity index (χ1n) is 5.62. The van der Waals surface area contributed by atoms with Crippen LogP contribution in [0.1, 0.15) is 27.7 Å². The van der Waals surface area contributed by atoms with Crippen molar-refractivity contribution in [1.82, 2.24) is 0 Å². The van der Waals surface area contributed by atoms with Gasteiger partial charge in [-0.25, -0.2) is 0 Å². The van der Waals surface area contributed by atoms with Gasteiger partial charge in [-0.3, -0.25) is 9.59 Å². The van der Waals surface area contributed by atoms with Gasteiger partial charge >= 0.3 is 11.9 Å². The molecule has 0 amide bonds. The summed E-state index contributed by atoms with van der Waals surface area (Å²) in [5.41, 5.74) is 0. The van der Waals surface area contributed by atoms with Gasteiger partial charge in [0.15, 0.2) is 0 Å². The lowest BCUT2D eigenvalue weighted by atomic mass is 10.2. The molecule has 0 aliphatic heterocycles. The predicted octanol–water partition coefficient (Wildman–Crippen LogP) is 3.39. The van der Waals surface area contributed by atoms with E-state index in [1.165, 1.54) is 0 Å². The van der Waals surface area contributed by atoms with Gasteiger partial charge in [-0.1, -0.05) is 59.6 Å². The molecule has 6 heteroatoms. The molecule has 0 atom stereocenters. The summed E-state index contributed by atoms with van der Waals surface area (Å²) in [5.74, 6) is -0.872. The van der Waals surface area contributed by atoms with Gasteiger partial charge in [0.25, 0.3) is 0 Å². The Labute approximate surface area is 124 Å². The van der Waals surface area contributed by atoms with Crippen molar-refractivity contribution in [3.63, 3.8) is 0 Å². The monoisotopic (exact) mass is 384 g/mol. The van der Waals surface area contributed by atoms with Gasteiger partial charge in [0.1, 0.15) is 13.2 Å². The van der Waals surface area contributed by atoms with Gasteiger partial charge in [0, 0.05) is 8.96 Å². The van der Waals surface area contributed by atoms with Gasteiger partial charge in [-0.15, -0.1) is 0 Å². The fraction of sp³-hybridized carbons (Fsp3) is 0.667. The third kappa shape index (κ3) is 7.16. The summed E-state index contributed by atoms with van der Waals surface area (Å²) in [5, 5.41) is 0.